The van der Waals surface area contributed by atoms with Crippen LogP contribution in [-0.2, 0) is 0 Å². The van der Waals surface area contributed by atoms with Gasteiger partial charge in [0.2, 0.25) is 0 Å². The number of rotatable bonds is 3. The highest BCUT2D eigenvalue weighted by Gasteiger charge is 2.10. The summed E-state index contributed by atoms with van der Waals surface area (Å²) in [4.78, 5) is 11.7. The van der Waals surface area contributed by atoms with Crippen LogP contribution in [0.5, 0.6) is 0 Å². The number of nitrogens with one attached hydrogen (secondary N) is 1. The van der Waals surface area contributed by atoms with Crippen LogP contribution in [0.4, 0.5) is 0 Å². The first-order chi connectivity index (χ1) is 6.66. The minimum Gasteiger partial charge on any atom is -0.351 e. The molecule has 0 aromatic heterocycles. The molecule has 3 heteroatoms. The van der Waals surface area contributed by atoms with Gasteiger partial charge in [0, 0.05) is 17.4 Å². The second-order valence-corrected chi connectivity index (χ2v) is 4.00. The van der Waals surface area contributed by atoms with Crippen molar-refractivity contribution in [1.82, 2.24) is 5.32 Å². The maximum Gasteiger partial charge on any atom is 0.251 e. The Balaban J connectivity index is 2.89. The number of hydrogen-bond donors (Lipinski definition) is 1. The van der Waals surface area contributed by atoms with E-state index < -0.39 is 0 Å². The SMILES string of the molecule is Cc1cccc(C)c1C(=O)NCCBr. The summed E-state index contributed by atoms with van der Waals surface area (Å²) < 4.78 is 0. The predicted molar refractivity (Wildman–Crippen MR) is 62.0 cm³/mol. The lowest BCUT2D eigenvalue weighted by atomic mass is 10.0. The summed E-state index contributed by atoms with van der Waals surface area (Å²) in [6.07, 6.45) is 0. The second kappa shape index (κ2) is 5.15. The molecule has 1 amide bonds. The number of carbonyl (C=O) groups excluding carboxylic acids is 1. The number of aryl methyl sites for hydroxylation is 2. The fourth-order valence-electron chi connectivity index (χ4n) is 1.42. The van der Waals surface area contributed by atoms with Gasteiger partial charge < -0.3 is 5.32 Å². The first-order valence-corrected chi connectivity index (χ1v) is 5.69. The summed E-state index contributed by atoms with van der Waals surface area (Å²) >= 11 is 3.27. The van der Waals surface area contributed by atoms with Gasteiger partial charge in [0.1, 0.15) is 0 Å². The van der Waals surface area contributed by atoms with Gasteiger partial charge in [-0.1, -0.05) is 34.1 Å². The summed E-state index contributed by atoms with van der Waals surface area (Å²) in [6, 6.07) is 5.87. The van der Waals surface area contributed by atoms with Crippen molar-refractivity contribution < 1.29 is 4.79 Å². The van der Waals surface area contributed by atoms with Crippen LogP contribution in [0.15, 0.2) is 18.2 Å². The zero-order valence-electron chi connectivity index (χ0n) is 8.43. The van der Waals surface area contributed by atoms with Gasteiger partial charge >= 0.3 is 0 Å². The van der Waals surface area contributed by atoms with Crippen LogP contribution >= 0.6 is 15.9 Å². The molecule has 0 aliphatic heterocycles. The molecule has 0 fully saturated rings. The molecule has 0 radical (unpaired) electrons. The quantitative estimate of drug-likeness (QED) is 0.827. The molecule has 1 N–H and O–H groups in total. The van der Waals surface area contributed by atoms with E-state index in [2.05, 4.69) is 21.2 Å². The molecule has 0 unspecified atom stereocenters. The molecule has 0 aliphatic rings. The summed E-state index contributed by atoms with van der Waals surface area (Å²) in [5.74, 6) is 0.0139. The van der Waals surface area contributed by atoms with Crippen LogP contribution in [0, 0.1) is 13.8 Å². The van der Waals surface area contributed by atoms with E-state index in [0.29, 0.717) is 6.54 Å². The number of halogens is 1. The highest BCUT2D eigenvalue weighted by Crippen LogP contribution is 2.12. The van der Waals surface area contributed by atoms with Gasteiger partial charge in [0.25, 0.3) is 5.91 Å². The maximum atomic E-state index is 11.7. The van der Waals surface area contributed by atoms with E-state index in [1.165, 1.54) is 0 Å². The van der Waals surface area contributed by atoms with Crippen molar-refractivity contribution in [2.75, 3.05) is 11.9 Å². The van der Waals surface area contributed by atoms with Crippen LogP contribution < -0.4 is 5.32 Å². The molecular weight excluding hydrogens is 242 g/mol. The van der Waals surface area contributed by atoms with E-state index >= 15 is 0 Å². The van der Waals surface area contributed by atoms with Crippen molar-refractivity contribution in [3.05, 3.63) is 34.9 Å². The normalized spacial score (nSPS) is 9.93. The third-order valence-corrected chi connectivity index (χ3v) is 2.48. The minimum absolute atomic E-state index is 0.0139. The van der Waals surface area contributed by atoms with Gasteiger partial charge in [-0.25, -0.2) is 0 Å². The van der Waals surface area contributed by atoms with Crippen LogP contribution in [0.3, 0.4) is 0 Å². The lowest BCUT2D eigenvalue weighted by Gasteiger charge is -2.09. The Kier molecular flexibility index (Phi) is 4.14. The Morgan fingerprint density at radius 2 is 1.93 bits per heavy atom. The zero-order chi connectivity index (χ0) is 10.6. The number of hydrogen-bond acceptors (Lipinski definition) is 1. The largest absolute Gasteiger partial charge is 0.351 e. The molecule has 0 atom stereocenters. The van der Waals surface area contributed by atoms with E-state index in [1.807, 2.05) is 32.0 Å². The molecule has 1 aromatic rings. The van der Waals surface area contributed by atoms with Crippen molar-refractivity contribution >= 4 is 21.8 Å². The molecule has 14 heavy (non-hydrogen) atoms. The van der Waals surface area contributed by atoms with E-state index in [-0.39, 0.29) is 5.91 Å². The Hall–Kier alpha value is -0.830. The Morgan fingerprint density at radius 3 is 2.43 bits per heavy atom. The summed E-state index contributed by atoms with van der Waals surface area (Å²) in [5, 5.41) is 3.63. The Labute approximate surface area is 92.8 Å². The van der Waals surface area contributed by atoms with Gasteiger partial charge in [-0.2, -0.15) is 0 Å². The number of carbonyl (C=O) groups is 1. The molecular formula is C11H14BrNO. The Bertz CT molecular complexity index is 316. The Morgan fingerprint density at radius 1 is 1.36 bits per heavy atom. The van der Waals surface area contributed by atoms with E-state index in [4.69, 9.17) is 0 Å². The van der Waals surface area contributed by atoms with Crippen LogP contribution in [0.1, 0.15) is 21.5 Å². The average Bonchev–Trinajstić information content (AvgIpc) is 2.14. The van der Waals surface area contributed by atoms with Gasteiger partial charge in [-0.3, -0.25) is 4.79 Å². The fourth-order valence-corrected chi connectivity index (χ4v) is 1.62. The third-order valence-electron chi connectivity index (χ3n) is 2.09. The van der Waals surface area contributed by atoms with Crippen LogP contribution in [0.25, 0.3) is 0 Å². The number of alkyl halides is 1. The first-order valence-electron chi connectivity index (χ1n) is 4.57. The molecule has 1 aromatic carbocycles. The van der Waals surface area contributed by atoms with Crippen molar-refractivity contribution in [2.45, 2.75) is 13.8 Å². The van der Waals surface area contributed by atoms with Crippen molar-refractivity contribution in [3.8, 4) is 0 Å². The molecule has 2 nitrogen and oxygen atoms in total. The summed E-state index contributed by atoms with van der Waals surface area (Å²) in [6.45, 7) is 4.57. The van der Waals surface area contributed by atoms with Crippen molar-refractivity contribution in [2.24, 2.45) is 0 Å². The summed E-state index contributed by atoms with van der Waals surface area (Å²) in [5.41, 5.74) is 2.85. The molecule has 0 saturated carbocycles. The molecule has 0 heterocycles. The minimum atomic E-state index is 0.0139. The molecule has 76 valence electrons. The maximum absolute atomic E-state index is 11.7. The van der Waals surface area contributed by atoms with Crippen molar-refractivity contribution in [3.63, 3.8) is 0 Å². The highest BCUT2D eigenvalue weighted by molar-refractivity contribution is 9.09. The molecule has 0 bridgehead atoms. The van der Waals surface area contributed by atoms with Gasteiger partial charge in [-0.15, -0.1) is 0 Å². The van der Waals surface area contributed by atoms with E-state index in [0.717, 1.165) is 22.0 Å². The topological polar surface area (TPSA) is 29.1 Å². The highest BCUT2D eigenvalue weighted by atomic mass is 79.9. The molecule has 0 aliphatic carbocycles. The fraction of sp³-hybridized carbons (Fsp3) is 0.364. The predicted octanol–water partition coefficient (Wildman–Crippen LogP) is 2.43. The van der Waals surface area contributed by atoms with Crippen LogP contribution in [-0.4, -0.2) is 17.8 Å². The molecule has 0 spiro atoms. The summed E-state index contributed by atoms with van der Waals surface area (Å²) in [7, 11) is 0. The monoisotopic (exact) mass is 255 g/mol. The standard InChI is InChI=1S/C11H14BrNO/c1-8-4-3-5-9(2)10(8)11(14)13-7-6-12/h3-5H,6-7H2,1-2H3,(H,13,14). The number of benzene rings is 1. The van der Waals surface area contributed by atoms with Crippen LogP contribution in [0.2, 0.25) is 0 Å². The first kappa shape index (κ1) is 11.2. The smallest absolute Gasteiger partial charge is 0.251 e. The number of amides is 1. The van der Waals surface area contributed by atoms with E-state index in [1.54, 1.807) is 0 Å². The van der Waals surface area contributed by atoms with Gasteiger partial charge in [0.05, 0.1) is 0 Å². The third kappa shape index (κ3) is 2.58. The lowest BCUT2D eigenvalue weighted by Crippen LogP contribution is -2.26. The second-order valence-electron chi connectivity index (χ2n) is 3.21. The average molecular weight is 256 g/mol. The van der Waals surface area contributed by atoms with Crippen molar-refractivity contribution in [1.29, 1.82) is 0 Å². The van der Waals surface area contributed by atoms with Gasteiger partial charge in [-0.05, 0) is 25.0 Å². The zero-order valence-corrected chi connectivity index (χ0v) is 10.0. The molecule has 0 saturated heterocycles. The van der Waals surface area contributed by atoms with Gasteiger partial charge in [0.15, 0.2) is 0 Å². The molecule has 1 rings (SSSR count). The van der Waals surface area contributed by atoms with E-state index in [9.17, 15) is 4.79 Å². The lowest BCUT2D eigenvalue weighted by molar-refractivity contribution is 0.0955.